The van der Waals surface area contributed by atoms with E-state index in [-0.39, 0.29) is 5.37 Å². The van der Waals surface area contributed by atoms with Gasteiger partial charge in [-0.05, 0) is 25.7 Å². The molecule has 11 heavy (non-hydrogen) atoms. The fourth-order valence-corrected chi connectivity index (χ4v) is 0.980. The van der Waals surface area contributed by atoms with Crippen LogP contribution >= 0.6 is 12.6 Å². The van der Waals surface area contributed by atoms with E-state index in [1.54, 1.807) is 6.20 Å². The van der Waals surface area contributed by atoms with E-state index >= 15 is 0 Å². The lowest BCUT2D eigenvalue weighted by molar-refractivity contribution is 0.393. The van der Waals surface area contributed by atoms with Crippen LogP contribution in [0.15, 0.2) is 24.5 Å². The third-order valence-electron chi connectivity index (χ3n) is 1.47. The Morgan fingerprint density at radius 1 is 1.55 bits per heavy atom. The predicted octanol–water partition coefficient (Wildman–Crippen LogP) is 1.57. The van der Waals surface area contributed by atoms with E-state index in [2.05, 4.69) is 17.6 Å². The first-order valence-electron chi connectivity index (χ1n) is 3.46. The van der Waals surface area contributed by atoms with Crippen LogP contribution in [0.25, 0.3) is 0 Å². The molecule has 0 aromatic carbocycles. The van der Waals surface area contributed by atoms with Crippen LogP contribution in [0.3, 0.4) is 0 Å². The third-order valence-corrected chi connectivity index (χ3v) is 2.23. The normalized spacial score (nSPS) is 13.5. The van der Waals surface area contributed by atoms with Crippen molar-refractivity contribution in [2.45, 2.75) is 5.37 Å². The van der Waals surface area contributed by atoms with Gasteiger partial charge in [-0.25, -0.2) is 0 Å². The molecule has 3 heteroatoms. The Morgan fingerprint density at radius 3 is 2.73 bits per heavy atom. The van der Waals surface area contributed by atoms with E-state index in [1.165, 1.54) is 0 Å². The molecule has 0 N–H and O–H groups in total. The first kappa shape index (κ1) is 8.56. The highest BCUT2D eigenvalue weighted by Gasteiger charge is 2.06. The standard InChI is InChI=1S/C8H12N2S/c1-10(2)8(11)7-4-3-5-9-6-7/h3-6,8,11H,1-2H3. The van der Waals surface area contributed by atoms with E-state index in [0.717, 1.165) is 5.56 Å². The van der Waals surface area contributed by atoms with Crippen LogP contribution in [0.5, 0.6) is 0 Å². The molecular weight excluding hydrogens is 156 g/mol. The Bertz CT molecular complexity index is 211. The second kappa shape index (κ2) is 3.74. The molecule has 0 fully saturated rings. The van der Waals surface area contributed by atoms with Crippen molar-refractivity contribution in [3.05, 3.63) is 30.1 Å². The van der Waals surface area contributed by atoms with Gasteiger partial charge in [0.2, 0.25) is 0 Å². The van der Waals surface area contributed by atoms with Gasteiger partial charge in [-0.15, -0.1) is 0 Å². The number of thiol groups is 1. The first-order valence-corrected chi connectivity index (χ1v) is 3.98. The molecule has 0 aliphatic heterocycles. The molecule has 0 radical (unpaired) electrons. The molecule has 60 valence electrons. The van der Waals surface area contributed by atoms with Gasteiger partial charge in [0.1, 0.15) is 0 Å². The van der Waals surface area contributed by atoms with Gasteiger partial charge in [0.15, 0.2) is 0 Å². The molecule has 0 aliphatic rings. The Hall–Kier alpha value is -0.540. The van der Waals surface area contributed by atoms with E-state index in [1.807, 2.05) is 37.3 Å². The minimum atomic E-state index is 0.142. The Kier molecular flexibility index (Phi) is 2.91. The van der Waals surface area contributed by atoms with Crippen molar-refractivity contribution in [1.82, 2.24) is 9.88 Å². The van der Waals surface area contributed by atoms with Crippen LogP contribution in [-0.2, 0) is 0 Å². The lowest BCUT2D eigenvalue weighted by Gasteiger charge is -2.18. The maximum absolute atomic E-state index is 4.40. The minimum absolute atomic E-state index is 0.142. The van der Waals surface area contributed by atoms with Gasteiger partial charge < -0.3 is 0 Å². The number of hydrogen-bond acceptors (Lipinski definition) is 3. The lowest BCUT2D eigenvalue weighted by atomic mass is 10.3. The molecule has 1 aromatic rings. The zero-order valence-electron chi connectivity index (χ0n) is 6.73. The Balaban J connectivity index is 2.77. The zero-order chi connectivity index (χ0) is 8.27. The quantitative estimate of drug-likeness (QED) is 0.533. The smallest absolute Gasteiger partial charge is 0.0794 e. The highest BCUT2D eigenvalue weighted by atomic mass is 32.1. The molecule has 2 nitrogen and oxygen atoms in total. The van der Waals surface area contributed by atoms with E-state index < -0.39 is 0 Å². The topological polar surface area (TPSA) is 16.1 Å². The number of rotatable bonds is 2. The van der Waals surface area contributed by atoms with Crippen molar-refractivity contribution in [2.75, 3.05) is 14.1 Å². The van der Waals surface area contributed by atoms with Crippen molar-refractivity contribution in [1.29, 1.82) is 0 Å². The first-order chi connectivity index (χ1) is 5.22. The fourth-order valence-electron chi connectivity index (χ4n) is 0.827. The van der Waals surface area contributed by atoms with Crippen molar-refractivity contribution in [3.63, 3.8) is 0 Å². The minimum Gasteiger partial charge on any atom is -0.294 e. The van der Waals surface area contributed by atoms with Crippen molar-refractivity contribution >= 4 is 12.6 Å². The molecule has 0 spiro atoms. The maximum atomic E-state index is 4.40. The van der Waals surface area contributed by atoms with Crippen LogP contribution < -0.4 is 0 Å². The van der Waals surface area contributed by atoms with Crippen molar-refractivity contribution < 1.29 is 0 Å². The number of hydrogen-bond donors (Lipinski definition) is 1. The molecule has 0 bridgehead atoms. The molecule has 1 heterocycles. The van der Waals surface area contributed by atoms with Gasteiger partial charge in [-0.3, -0.25) is 9.88 Å². The summed E-state index contributed by atoms with van der Waals surface area (Å²) in [5.74, 6) is 0. The van der Waals surface area contributed by atoms with Crippen LogP contribution in [0.4, 0.5) is 0 Å². The SMILES string of the molecule is CN(C)C(S)c1cccnc1. The average molecular weight is 168 g/mol. The fraction of sp³-hybridized carbons (Fsp3) is 0.375. The van der Waals surface area contributed by atoms with E-state index in [9.17, 15) is 0 Å². The summed E-state index contributed by atoms with van der Waals surface area (Å²) in [6.45, 7) is 0. The van der Waals surface area contributed by atoms with E-state index in [4.69, 9.17) is 0 Å². The summed E-state index contributed by atoms with van der Waals surface area (Å²) >= 11 is 4.40. The number of nitrogens with zero attached hydrogens (tertiary/aromatic N) is 2. The largest absolute Gasteiger partial charge is 0.294 e. The van der Waals surface area contributed by atoms with Gasteiger partial charge in [0.05, 0.1) is 5.37 Å². The Labute approximate surface area is 72.7 Å². The molecule has 0 saturated carbocycles. The summed E-state index contributed by atoms with van der Waals surface area (Å²) in [6.07, 6.45) is 3.59. The summed E-state index contributed by atoms with van der Waals surface area (Å²) in [6, 6.07) is 3.94. The highest BCUT2D eigenvalue weighted by molar-refractivity contribution is 7.80. The summed E-state index contributed by atoms with van der Waals surface area (Å²) in [4.78, 5) is 6.04. The highest BCUT2D eigenvalue weighted by Crippen LogP contribution is 2.19. The monoisotopic (exact) mass is 168 g/mol. The van der Waals surface area contributed by atoms with Gasteiger partial charge in [-0.2, -0.15) is 12.6 Å². The molecule has 1 rings (SSSR count). The van der Waals surface area contributed by atoms with E-state index in [0.29, 0.717) is 0 Å². The Morgan fingerprint density at radius 2 is 2.27 bits per heavy atom. The molecule has 1 unspecified atom stereocenters. The van der Waals surface area contributed by atoms with Crippen LogP contribution in [0.2, 0.25) is 0 Å². The molecular formula is C8H12N2S. The molecule has 0 saturated heterocycles. The van der Waals surface area contributed by atoms with Gasteiger partial charge in [-0.1, -0.05) is 6.07 Å². The second-order valence-electron chi connectivity index (χ2n) is 2.62. The number of aromatic nitrogens is 1. The number of pyridine rings is 1. The summed E-state index contributed by atoms with van der Waals surface area (Å²) in [5.41, 5.74) is 1.13. The van der Waals surface area contributed by atoms with Crippen LogP contribution in [-0.4, -0.2) is 24.0 Å². The van der Waals surface area contributed by atoms with Gasteiger partial charge in [0, 0.05) is 12.4 Å². The van der Waals surface area contributed by atoms with Crippen molar-refractivity contribution in [3.8, 4) is 0 Å². The lowest BCUT2D eigenvalue weighted by Crippen LogP contribution is -2.14. The average Bonchev–Trinajstić information content (AvgIpc) is 2.05. The second-order valence-corrected chi connectivity index (χ2v) is 3.11. The van der Waals surface area contributed by atoms with Gasteiger partial charge >= 0.3 is 0 Å². The van der Waals surface area contributed by atoms with Crippen LogP contribution in [0.1, 0.15) is 10.9 Å². The maximum Gasteiger partial charge on any atom is 0.0794 e. The predicted molar refractivity (Wildman–Crippen MR) is 49.7 cm³/mol. The molecule has 1 aromatic heterocycles. The van der Waals surface area contributed by atoms with Crippen LogP contribution in [0, 0.1) is 0 Å². The third kappa shape index (κ3) is 2.20. The zero-order valence-corrected chi connectivity index (χ0v) is 7.62. The molecule has 0 aliphatic carbocycles. The summed E-state index contributed by atoms with van der Waals surface area (Å²) in [7, 11) is 3.98. The molecule has 1 atom stereocenters. The molecule has 0 amide bonds. The summed E-state index contributed by atoms with van der Waals surface area (Å²) < 4.78 is 0. The van der Waals surface area contributed by atoms with Crippen molar-refractivity contribution in [2.24, 2.45) is 0 Å². The van der Waals surface area contributed by atoms with Gasteiger partial charge in [0.25, 0.3) is 0 Å². The summed E-state index contributed by atoms with van der Waals surface area (Å²) in [5, 5.41) is 0.142.